The molecule has 0 saturated heterocycles. The molecule has 0 aliphatic rings. The minimum absolute atomic E-state index is 0.172. The second kappa shape index (κ2) is 5.50. The van der Waals surface area contributed by atoms with E-state index in [0.29, 0.717) is 11.4 Å². The molecule has 19 heavy (non-hydrogen) atoms. The smallest absolute Gasteiger partial charge is 0.345 e. The highest BCUT2D eigenvalue weighted by Gasteiger charge is 2.17. The zero-order chi connectivity index (χ0) is 14.0. The van der Waals surface area contributed by atoms with E-state index >= 15 is 0 Å². The number of hydrogen-bond acceptors (Lipinski definition) is 5. The van der Waals surface area contributed by atoms with E-state index in [-0.39, 0.29) is 10.8 Å². The van der Waals surface area contributed by atoms with E-state index < -0.39 is 5.97 Å². The summed E-state index contributed by atoms with van der Waals surface area (Å²) in [6, 6.07) is 3.00. The van der Waals surface area contributed by atoms with Crippen molar-refractivity contribution in [3.8, 4) is 0 Å². The van der Waals surface area contributed by atoms with Gasteiger partial charge in [0.25, 0.3) is 5.91 Å². The Kier molecular flexibility index (Phi) is 3.96. The summed E-state index contributed by atoms with van der Waals surface area (Å²) in [5.74, 6) is -1.18. The van der Waals surface area contributed by atoms with Gasteiger partial charge in [-0.3, -0.25) is 4.79 Å². The Morgan fingerprint density at radius 1 is 1.37 bits per heavy atom. The molecule has 0 radical (unpaired) electrons. The maximum atomic E-state index is 12.1. The molecule has 7 heteroatoms. The van der Waals surface area contributed by atoms with Crippen LogP contribution in [0.3, 0.4) is 0 Å². The maximum absolute atomic E-state index is 12.1. The van der Waals surface area contributed by atoms with Crippen LogP contribution in [0.1, 0.15) is 29.9 Å². The molecule has 1 amide bonds. The van der Waals surface area contributed by atoms with E-state index in [4.69, 9.17) is 5.11 Å². The first-order chi connectivity index (χ1) is 8.99. The molecule has 2 rings (SSSR count). The van der Waals surface area contributed by atoms with Crippen molar-refractivity contribution >= 4 is 34.6 Å². The molecule has 0 aliphatic carbocycles. The molecule has 0 bridgehead atoms. The summed E-state index contributed by atoms with van der Waals surface area (Å²) < 4.78 is 0. The zero-order valence-electron chi connectivity index (χ0n) is 10.4. The number of nitrogens with zero attached hydrogens (tertiary/aromatic N) is 2. The summed E-state index contributed by atoms with van der Waals surface area (Å²) in [5, 5.41) is 8.84. The molecule has 1 N–H and O–H groups in total. The molecule has 2 aromatic heterocycles. The summed E-state index contributed by atoms with van der Waals surface area (Å²) in [4.78, 5) is 30.3. The number of thiazole rings is 1. The van der Waals surface area contributed by atoms with Gasteiger partial charge in [-0.1, -0.05) is 0 Å². The zero-order valence-corrected chi connectivity index (χ0v) is 12.0. The Morgan fingerprint density at radius 2 is 2.05 bits per heavy atom. The van der Waals surface area contributed by atoms with Crippen LogP contribution in [0.2, 0.25) is 0 Å². The summed E-state index contributed by atoms with van der Waals surface area (Å²) in [5.41, 5.74) is 2.67. The van der Waals surface area contributed by atoms with Gasteiger partial charge in [-0.25, -0.2) is 9.78 Å². The highest BCUT2D eigenvalue weighted by molar-refractivity contribution is 7.15. The maximum Gasteiger partial charge on any atom is 0.345 e. The molecule has 0 aromatic carbocycles. The third-order valence-corrected chi connectivity index (χ3v) is 4.58. The average Bonchev–Trinajstić information content (AvgIpc) is 2.98. The highest BCUT2D eigenvalue weighted by Crippen LogP contribution is 2.20. The van der Waals surface area contributed by atoms with Gasteiger partial charge in [-0.2, -0.15) is 0 Å². The Labute approximate surface area is 118 Å². The molecule has 2 heterocycles. The molecular formula is C12H12N2O3S2. The summed E-state index contributed by atoms with van der Waals surface area (Å²) >= 11 is 2.50. The number of aromatic nitrogens is 1. The predicted molar refractivity (Wildman–Crippen MR) is 73.9 cm³/mol. The molecule has 0 fully saturated rings. The van der Waals surface area contributed by atoms with Crippen molar-refractivity contribution in [2.24, 2.45) is 0 Å². The minimum atomic E-state index is -1.01. The van der Waals surface area contributed by atoms with Crippen molar-refractivity contribution < 1.29 is 14.7 Å². The van der Waals surface area contributed by atoms with Crippen LogP contribution in [0.4, 0.5) is 0 Å². The molecule has 0 atom stereocenters. The van der Waals surface area contributed by atoms with E-state index in [1.54, 1.807) is 23.5 Å². The topological polar surface area (TPSA) is 70.5 Å². The van der Waals surface area contributed by atoms with Crippen LogP contribution >= 0.6 is 22.7 Å². The fourth-order valence-corrected chi connectivity index (χ4v) is 3.19. The number of thiophene rings is 1. The summed E-state index contributed by atoms with van der Waals surface area (Å²) in [6.07, 6.45) is 0. The quantitative estimate of drug-likeness (QED) is 0.941. The highest BCUT2D eigenvalue weighted by atomic mass is 32.1. The fourth-order valence-electron chi connectivity index (χ4n) is 1.52. The molecule has 2 aromatic rings. The van der Waals surface area contributed by atoms with E-state index in [9.17, 15) is 9.59 Å². The fraction of sp³-hybridized carbons (Fsp3) is 0.250. The number of amides is 1. The first-order valence-corrected chi connectivity index (χ1v) is 7.16. The number of aromatic carboxylic acids is 1. The Balaban J connectivity index is 2.10. The second-order valence-electron chi connectivity index (χ2n) is 3.99. The lowest BCUT2D eigenvalue weighted by atomic mass is 10.3. The number of rotatable bonds is 4. The molecule has 0 aliphatic heterocycles. The van der Waals surface area contributed by atoms with Crippen molar-refractivity contribution in [3.63, 3.8) is 0 Å². The Hall–Kier alpha value is -1.73. The van der Waals surface area contributed by atoms with Gasteiger partial charge in [0.1, 0.15) is 4.88 Å². The third-order valence-electron chi connectivity index (χ3n) is 2.60. The lowest BCUT2D eigenvalue weighted by molar-refractivity contribution is 0.0701. The van der Waals surface area contributed by atoms with Crippen LogP contribution in [0.25, 0.3) is 0 Å². The SMILES string of the molecule is Cc1ncsc1CN(C)C(=O)c1ccc(C(=O)O)s1. The van der Waals surface area contributed by atoms with Crippen LogP contribution < -0.4 is 0 Å². The Bertz CT molecular complexity index is 618. The number of carboxylic acids is 1. The lowest BCUT2D eigenvalue weighted by Gasteiger charge is -2.15. The normalized spacial score (nSPS) is 10.4. The van der Waals surface area contributed by atoms with Crippen LogP contribution in [0, 0.1) is 6.92 Å². The van der Waals surface area contributed by atoms with E-state index in [1.165, 1.54) is 17.4 Å². The van der Waals surface area contributed by atoms with Gasteiger partial charge >= 0.3 is 5.97 Å². The summed E-state index contributed by atoms with van der Waals surface area (Å²) in [6.45, 7) is 2.38. The van der Waals surface area contributed by atoms with Crippen molar-refractivity contribution in [1.82, 2.24) is 9.88 Å². The van der Waals surface area contributed by atoms with Crippen molar-refractivity contribution in [3.05, 3.63) is 38.0 Å². The van der Waals surface area contributed by atoms with Gasteiger partial charge in [0.05, 0.1) is 22.6 Å². The van der Waals surface area contributed by atoms with E-state index in [0.717, 1.165) is 21.9 Å². The number of carboxylic acid groups (broad SMARTS) is 1. The van der Waals surface area contributed by atoms with Gasteiger partial charge in [0.2, 0.25) is 0 Å². The standard InChI is InChI=1S/C12H12N2O3S2/c1-7-10(18-6-13-7)5-14(2)11(15)8-3-4-9(19-8)12(16)17/h3-4,6H,5H2,1-2H3,(H,16,17). The van der Waals surface area contributed by atoms with Gasteiger partial charge < -0.3 is 10.0 Å². The average molecular weight is 296 g/mol. The van der Waals surface area contributed by atoms with E-state index in [2.05, 4.69) is 4.98 Å². The van der Waals surface area contributed by atoms with Gasteiger partial charge in [0.15, 0.2) is 0 Å². The number of aryl methyl sites for hydroxylation is 1. The predicted octanol–water partition coefficient (Wildman–Crippen LogP) is 2.48. The molecule has 100 valence electrons. The van der Waals surface area contributed by atoms with Gasteiger partial charge in [-0.15, -0.1) is 22.7 Å². The Morgan fingerprint density at radius 3 is 2.58 bits per heavy atom. The van der Waals surface area contributed by atoms with Crippen LogP contribution in [-0.2, 0) is 6.54 Å². The first-order valence-electron chi connectivity index (χ1n) is 5.46. The largest absolute Gasteiger partial charge is 0.477 e. The lowest BCUT2D eigenvalue weighted by Crippen LogP contribution is -2.25. The molecule has 0 saturated carbocycles. The van der Waals surface area contributed by atoms with Gasteiger partial charge in [-0.05, 0) is 19.1 Å². The first kappa shape index (κ1) is 13.7. The summed E-state index contributed by atoms with van der Waals surface area (Å²) in [7, 11) is 1.70. The third kappa shape index (κ3) is 2.99. The molecule has 0 unspecified atom stereocenters. The van der Waals surface area contributed by atoms with Crippen LogP contribution in [-0.4, -0.2) is 33.9 Å². The van der Waals surface area contributed by atoms with Crippen LogP contribution in [0.5, 0.6) is 0 Å². The monoisotopic (exact) mass is 296 g/mol. The number of carbonyl (C=O) groups is 2. The molecule has 5 nitrogen and oxygen atoms in total. The number of carbonyl (C=O) groups excluding carboxylic acids is 1. The molecule has 0 spiro atoms. The van der Waals surface area contributed by atoms with Crippen molar-refractivity contribution in [2.45, 2.75) is 13.5 Å². The van der Waals surface area contributed by atoms with Crippen LogP contribution in [0.15, 0.2) is 17.6 Å². The van der Waals surface area contributed by atoms with Crippen molar-refractivity contribution in [1.29, 1.82) is 0 Å². The van der Waals surface area contributed by atoms with Gasteiger partial charge in [0, 0.05) is 11.9 Å². The number of hydrogen-bond donors (Lipinski definition) is 1. The minimum Gasteiger partial charge on any atom is -0.477 e. The second-order valence-corrected chi connectivity index (χ2v) is 6.01. The van der Waals surface area contributed by atoms with Crippen molar-refractivity contribution in [2.75, 3.05) is 7.05 Å². The molecular weight excluding hydrogens is 284 g/mol. The van der Waals surface area contributed by atoms with E-state index in [1.807, 2.05) is 6.92 Å².